The fourth-order valence-electron chi connectivity index (χ4n) is 5.02. The average molecular weight is 371 g/mol. The van der Waals surface area contributed by atoms with E-state index in [9.17, 15) is 0 Å². The van der Waals surface area contributed by atoms with Crippen LogP contribution in [0.4, 0.5) is 0 Å². The van der Waals surface area contributed by atoms with Gasteiger partial charge in [0.05, 0.1) is 0 Å². The van der Waals surface area contributed by atoms with Crippen molar-refractivity contribution in [3.8, 4) is 0 Å². The number of allylic oxidation sites excluding steroid dienone is 4. The van der Waals surface area contributed by atoms with Crippen LogP contribution < -0.4 is 0 Å². The van der Waals surface area contributed by atoms with E-state index in [4.69, 9.17) is 0 Å². The summed E-state index contributed by atoms with van der Waals surface area (Å²) >= 11 is 0. The normalized spacial score (nSPS) is 22.1. The summed E-state index contributed by atoms with van der Waals surface area (Å²) in [5, 5.41) is 0. The van der Waals surface area contributed by atoms with Gasteiger partial charge in [-0.3, -0.25) is 0 Å². The van der Waals surface area contributed by atoms with E-state index in [2.05, 4.69) is 74.5 Å². The van der Waals surface area contributed by atoms with Crippen molar-refractivity contribution in [2.75, 3.05) is 0 Å². The Balaban J connectivity index is 1.40. The molecule has 2 aliphatic rings. The molecule has 0 N–H and O–H groups in total. The van der Waals surface area contributed by atoms with Crippen LogP contribution in [0.15, 0.2) is 66.3 Å². The van der Waals surface area contributed by atoms with Gasteiger partial charge in [-0.05, 0) is 78.7 Å². The maximum atomic E-state index is 2.46. The Bertz CT molecular complexity index is 859. The predicted octanol–water partition coefficient (Wildman–Crippen LogP) is 7.77. The Kier molecular flexibility index (Phi) is 6.15. The van der Waals surface area contributed by atoms with Crippen LogP contribution in [0, 0.1) is 11.8 Å². The zero-order valence-electron chi connectivity index (χ0n) is 17.6. The molecule has 0 bridgehead atoms. The van der Waals surface area contributed by atoms with Crippen molar-refractivity contribution in [3.05, 3.63) is 88.5 Å². The Morgan fingerprint density at radius 2 is 1.46 bits per heavy atom. The molecule has 146 valence electrons. The lowest BCUT2D eigenvalue weighted by atomic mass is 9.78. The van der Waals surface area contributed by atoms with Crippen LogP contribution in [0.5, 0.6) is 0 Å². The van der Waals surface area contributed by atoms with Crippen molar-refractivity contribution in [1.29, 1.82) is 0 Å². The molecule has 1 saturated carbocycles. The minimum atomic E-state index is 0.895. The van der Waals surface area contributed by atoms with E-state index in [-0.39, 0.29) is 0 Å². The van der Waals surface area contributed by atoms with Gasteiger partial charge in [-0.2, -0.15) is 0 Å². The summed E-state index contributed by atoms with van der Waals surface area (Å²) < 4.78 is 0. The van der Waals surface area contributed by atoms with E-state index in [1.807, 2.05) is 0 Å². The highest BCUT2D eigenvalue weighted by Gasteiger charge is 2.20. The minimum Gasteiger partial charge on any atom is -0.0689 e. The third-order valence-corrected chi connectivity index (χ3v) is 6.80. The van der Waals surface area contributed by atoms with Crippen LogP contribution >= 0.6 is 0 Å². The first-order valence-corrected chi connectivity index (χ1v) is 11.2. The van der Waals surface area contributed by atoms with E-state index in [0.717, 1.165) is 24.7 Å². The summed E-state index contributed by atoms with van der Waals surface area (Å²) in [6, 6.07) is 18.5. The van der Waals surface area contributed by atoms with Gasteiger partial charge < -0.3 is 0 Å². The van der Waals surface area contributed by atoms with Gasteiger partial charge in [0.25, 0.3) is 0 Å². The number of hydrogen-bond acceptors (Lipinski definition) is 0. The summed E-state index contributed by atoms with van der Waals surface area (Å²) in [5.41, 5.74) is 8.70. The zero-order chi connectivity index (χ0) is 19.3. The number of rotatable bonds is 6. The predicted molar refractivity (Wildman–Crippen MR) is 121 cm³/mol. The molecule has 2 aromatic carbocycles. The third-order valence-electron chi connectivity index (χ3n) is 6.80. The molecule has 0 spiro atoms. The smallest absolute Gasteiger partial charge is 0.00255 e. The maximum Gasteiger partial charge on any atom is -0.00255 e. The first kappa shape index (κ1) is 19.2. The number of hydrogen-bond donors (Lipinski definition) is 0. The van der Waals surface area contributed by atoms with E-state index in [0.29, 0.717) is 0 Å². The van der Waals surface area contributed by atoms with Gasteiger partial charge in [0.2, 0.25) is 0 Å². The van der Waals surface area contributed by atoms with Crippen molar-refractivity contribution in [2.45, 2.75) is 65.2 Å². The molecule has 0 amide bonds. The van der Waals surface area contributed by atoms with Gasteiger partial charge >= 0.3 is 0 Å². The fraction of sp³-hybridized carbons (Fsp3) is 0.429. The average Bonchev–Trinajstić information content (AvgIpc) is 3.16. The lowest BCUT2D eigenvalue weighted by Crippen LogP contribution is -2.15. The Morgan fingerprint density at radius 3 is 2.18 bits per heavy atom. The van der Waals surface area contributed by atoms with Gasteiger partial charge in [-0.15, -0.1) is 0 Å². The first-order valence-electron chi connectivity index (χ1n) is 11.2. The standard InChI is InChI=1S/C28H34/c1-3-22-11-13-23(14-12-22)17-24-6-4-7-25(18-24)19-26-8-5-9-27(20-26)28-15-10-21(2)16-28/h4-10,15,18,20,22-23H,3,11-14,16-17,19H2,1-2H3. The molecule has 4 rings (SSSR count). The second kappa shape index (κ2) is 8.95. The largest absolute Gasteiger partial charge is 0.0689 e. The van der Waals surface area contributed by atoms with Crippen molar-refractivity contribution in [3.63, 3.8) is 0 Å². The third kappa shape index (κ3) is 4.85. The molecule has 2 aliphatic carbocycles. The molecular weight excluding hydrogens is 336 g/mol. The van der Waals surface area contributed by atoms with Crippen molar-refractivity contribution in [1.82, 2.24) is 0 Å². The van der Waals surface area contributed by atoms with Gasteiger partial charge in [0.1, 0.15) is 0 Å². The highest BCUT2D eigenvalue weighted by atomic mass is 14.3. The Labute approximate surface area is 171 Å². The van der Waals surface area contributed by atoms with Gasteiger partial charge in [0, 0.05) is 0 Å². The van der Waals surface area contributed by atoms with Crippen LogP contribution in [0.3, 0.4) is 0 Å². The molecule has 0 heteroatoms. The summed E-state index contributed by atoms with van der Waals surface area (Å²) in [7, 11) is 0. The maximum absolute atomic E-state index is 2.46. The van der Waals surface area contributed by atoms with E-state index in [1.54, 1.807) is 0 Å². The quantitative estimate of drug-likeness (QED) is 0.487. The summed E-state index contributed by atoms with van der Waals surface area (Å²) in [6.07, 6.45) is 15.0. The minimum absolute atomic E-state index is 0.895. The topological polar surface area (TPSA) is 0 Å². The van der Waals surface area contributed by atoms with Crippen LogP contribution in [-0.4, -0.2) is 0 Å². The monoisotopic (exact) mass is 370 g/mol. The van der Waals surface area contributed by atoms with Crippen molar-refractivity contribution in [2.24, 2.45) is 11.8 Å². The number of benzene rings is 2. The second-order valence-electron chi connectivity index (χ2n) is 9.08. The molecule has 0 unspecified atom stereocenters. The fourth-order valence-corrected chi connectivity index (χ4v) is 5.02. The molecule has 0 saturated heterocycles. The molecule has 0 aromatic heterocycles. The van der Waals surface area contributed by atoms with Gasteiger partial charge in [-0.1, -0.05) is 92.4 Å². The summed E-state index contributed by atoms with van der Waals surface area (Å²) in [4.78, 5) is 0. The second-order valence-corrected chi connectivity index (χ2v) is 9.08. The SMILES string of the molecule is CCC1CCC(Cc2cccc(Cc3cccc(C4=CC=C(C)C4)c3)c2)CC1. The van der Waals surface area contributed by atoms with Crippen molar-refractivity contribution >= 4 is 5.57 Å². The molecule has 2 aromatic rings. The Morgan fingerprint density at radius 1 is 0.786 bits per heavy atom. The van der Waals surface area contributed by atoms with Crippen molar-refractivity contribution < 1.29 is 0 Å². The van der Waals surface area contributed by atoms with E-state index >= 15 is 0 Å². The van der Waals surface area contributed by atoms with Gasteiger partial charge in [0.15, 0.2) is 0 Å². The highest BCUT2D eigenvalue weighted by Crippen LogP contribution is 2.33. The zero-order valence-corrected chi connectivity index (χ0v) is 17.6. The highest BCUT2D eigenvalue weighted by molar-refractivity contribution is 5.72. The summed E-state index contributed by atoms with van der Waals surface area (Å²) in [5.74, 6) is 1.88. The first-order chi connectivity index (χ1) is 13.7. The molecule has 28 heavy (non-hydrogen) atoms. The molecule has 0 radical (unpaired) electrons. The van der Waals surface area contributed by atoms with Crippen LogP contribution in [-0.2, 0) is 12.8 Å². The Hall–Kier alpha value is -2.08. The van der Waals surface area contributed by atoms with Crippen LogP contribution in [0.2, 0.25) is 0 Å². The molecule has 0 aliphatic heterocycles. The molecular formula is C28H34. The summed E-state index contributed by atoms with van der Waals surface area (Å²) in [6.45, 7) is 4.57. The van der Waals surface area contributed by atoms with Crippen LogP contribution in [0.25, 0.3) is 5.57 Å². The molecule has 1 fully saturated rings. The molecule has 0 atom stereocenters. The lowest BCUT2D eigenvalue weighted by Gasteiger charge is -2.27. The van der Waals surface area contributed by atoms with Crippen LogP contribution in [0.1, 0.15) is 74.6 Å². The molecule has 0 nitrogen and oxygen atoms in total. The molecule has 0 heterocycles. The van der Waals surface area contributed by atoms with E-state index in [1.165, 1.54) is 71.9 Å². The van der Waals surface area contributed by atoms with Gasteiger partial charge in [-0.25, -0.2) is 0 Å². The van der Waals surface area contributed by atoms with E-state index < -0.39 is 0 Å². The lowest BCUT2D eigenvalue weighted by molar-refractivity contribution is 0.268.